The molecule has 0 aliphatic heterocycles. The summed E-state index contributed by atoms with van der Waals surface area (Å²) in [5, 5.41) is 3.14. The molecule has 1 aromatic carbocycles. The van der Waals surface area contributed by atoms with Gasteiger partial charge in [0.15, 0.2) is 0 Å². The summed E-state index contributed by atoms with van der Waals surface area (Å²) in [7, 11) is 0. The van der Waals surface area contributed by atoms with Crippen LogP contribution in [0.15, 0.2) is 29.6 Å². The van der Waals surface area contributed by atoms with E-state index in [0.29, 0.717) is 15.9 Å². The van der Waals surface area contributed by atoms with Crippen molar-refractivity contribution in [1.82, 2.24) is 9.55 Å². The summed E-state index contributed by atoms with van der Waals surface area (Å²) < 4.78 is 2.16. The lowest BCUT2D eigenvalue weighted by Crippen LogP contribution is -2.04. The molecule has 2 nitrogen and oxygen atoms in total. The van der Waals surface area contributed by atoms with Crippen molar-refractivity contribution >= 4 is 57.2 Å². The Morgan fingerprint density at radius 2 is 2.00 bits per heavy atom. The fraction of sp³-hybridized carbons (Fsp3) is 0.214. The summed E-state index contributed by atoms with van der Waals surface area (Å²) >= 11 is 19.8. The molecule has 20 heavy (non-hydrogen) atoms. The number of aromatic nitrogens is 2. The second kappa shape index (κ2) is 5.94. The Hall–Kier alpha value is -0.740. The first-order chi connectivity index (χ1) is 9.69. The van der Waals surface area contributed by atoms with Crippen LogP contribution < -0.4 is 0 Å². The minimum atomic E-state index is 0.525. The van der Waals surface area contributed by atoms with Crippen LogP contribution in [-0.2, 0) is 13.0 Å². The molecule has 0 radical (unpaired) electrons. The number of imidazole rings is 1. The van der Waals surface area contributed by atoms with Gasteiger partial charge >= 0.3 is 0 Å². The first-order valence-electron chi connectivity index (χ1n) is 6.11. The summed E-state index contributed by atoms with van der Waals surface area (Å²) in [6.07, 6.45) is 0.719. The van der Waals surface area contributed by atoms with E-state index in [9.17, 15) is 0 Å². The van der Waals surface area contributed by atoms with E-state index in [1.165, 1.54) is 4.88 Å². The Bertz CT molecular complexity index is 735. The minimum absolute atomic E-state index is 0.525. The van der Waals surface area contributed by atoms with E-state index in [2.05, 4.69) is 21.0 Å². The van der Waals surface area contributed by atoms with Gasteiger partial charge in [0.2, 0.25) is 0 Å². The fourth-order valence-electron chi connectivity index (χ4n) is 2.18. The first kappa shape index (κ1) is 14.2. The van der Waals surface area contributed by atoms with Crippen LogP contribution >= 0.6 is 46.1 Å². The maximum atomic E-state index is 6.13. The summed E-state index contributed by atoms with van der Waals surface area (Å²) in [5.41, 5.74) is 1.85. The topological polar surface area (TPSA) is 17.8 Å². The number of fused-ring (bicyclic) bond motifs is 1. The Morgan fingerprint density at radius 3 is 2.70 bits per heavy atom. The number of halogens is 3. The van der Waals surface area contributed by atoms with Crippen molar-refractivity contribution in [3.05, 3.63) is 50.4 Å². The smallest absolute Gasteiger partial charge is 0.111 e. The summed E-state index contributed by atoms with van der Waals surface area (Å²) in [6.45, 7) is 0.776. The minimum Gasteiger partial charge on any atom is -0.323 e. The van der Waals surface area contributed by atoms with Gasteiger partial charge in [-0.1, -0.05) is 29.3 Å². The molecule has 0 amide bonds. The van der Waals surface area contributed by atoms with Crippen molar-refractivity contribution < 1.29 is 0 Å². The number of rotatable bonds is 4. The Balaban J connectivity index is 2.15. The van der Waals surface area contributed by atoms with E-state index in [0.717, 1.165) is 29.8 Å². The van der Waals surface area contributed by atoms with Crippen LogP contribution in [0.3, 0.4) is 0 Å². The van der Waals surface area contributed by atoms with Crippen molar-refractivity contribution in [2.24, 2.45) is 0 Å². The molecule has 3 aromatic rings. The molecular weight excluding hydrogens is 335 g/mol. The SMILES string of the molecule is ClCCc1nc2cc(Cl)c(Cl)cc2n1Cc1cccs1. The molecule has 2 aromatic heterocycles. The second-order valence-corrected chi connectivity index (χ2v) is 6.61. The second-order valence-electron chi connectivity index (χ2n) is 4.39. The van der Waals surface area contributed by atoms with Gasteiger partial charge in [-0.05, 0) is 23.6 Å². The van der Waals surface area contributed by atoms with Gasteiger partial charge in [0.05, 0.1) is 27.6 Å². The predicted molar refractivity (Wildman–Crippen MR) is 87.6 cm³/mol. The van der Waals surface area contributed by atoms with E-state index < -0.39 is 0 Å². The molecule has 0 bridgehead atoms. The third kappa shape index (κ3) is 2.68. The summed E-state index contributed by atoms with van der Waals surface area (Å²) in [5.74, 6) is 1.50. The molecule has 0 atom stereocenters. The lowest BCUT2D eigenvalue weighted by molar-refractivity contribution is 0.763. The third-order valence-corrected chi connectivity index (χ3v) is 4.85. The monoisotopic (exact) mass is 344 g/mol. The molecule has 0 aliphatic rings. The van der Waals surface area contributed by atoms with Crippen LogP contribution in [-0.4, -0.2) is 15.4 Å². The van der Waals surface area contributed by atoms with Gasteiger partial charge in [-0.15, -0.1) is 22.9 Å². The van der Waals surface area contributed by atoms with Gasteiger partial charge < -0.3 is 4.57 Å². The lowest BCUT2D eigenvalue weighted by atomic mass is 10.3. The quantitative estimate of drug-likeness (QED) is 0.592. The van der Waals surface area contributed by atoms with E-state index in [1.54, 1.807) is 11.3 Å². The maximum absolute atomic E-state index is 6.13. The van der Waals surface area contributed by atoms with E-state index in [4.69, 9.17) is 34.8 Å². The van der Waals surface area contributed by atoms with Gasteiger partial charge in [-0.25, -0.2) is 4.98 Å². The van der Waals surface area contributed by atoms with Gasteiger partial charge in [-0.2, -0.15) is 0 Å². The molecule has 0 fully saturated rings. The van der Waals surface area contributed by atoms with Crippen LogP contribution in [0.4, 0.5) is 0 Å². The molecule has 2 heterocycles. The molecule has 0 aliphatic carbocycles. The Morgan fingerprint density at radius 1 is 1.20 bits per heavy atom. The molecule has 0 spiro atoms. The van der Waals surface area contributed by atoms with Crippen LogP contribution in [0.1, 0.15) is 10.7 Å². The van der Waals surface area contributed by atoms with Gasteiger partial charge in [0, 0.05) is 17.2 Å². The van der Waals surface area contributed by atoms with Crippen LogP contribution in [0, 0.1) is 0 Å². The highest BCUT2D eigenvalue weighted by molar-refractivity contribution is 7.09. The highest BCUT2D eigenvalue weighted by Crippen LogP contribution is 2.29. The van der Waals surface area contributed by atoms with Crippen molar-refractivity contribution in [2.45, 2.75) is 13.0 Å². The summed E-state index contributed by atoms with van der Waals surface area (Å²) in [4.78, 5) is 5.89. The third-order valence-electron chi connectivity index (χ3n) is 3.08. The molecule has 0 unspecified atom stereocenters. The fourth-order valence-corrected chi connectivity index (χ4v) is 3.36. The van der Waals surface area contributed by atoms with Crippen molar-refractivity contribution in [3.8, 4) is 0 Å². The number of nitrogens with zero attached hydrogens (tertiary/aromatic N) is 2. The molecule has 6 heteroatoms. The first-order valence-corrected chi connectivity index (χ1v) is 8.28. The van der Waals surface area contributed by atoms with Crippen LogP contribution in [0.5, 0.6) is 0 Å². The maximum Gasteiger partial charge on any atom is 0.111 e. The van der Waals surface area contributed by atoms with Gasteiger partial charge in [-0.3, -0.25) is 0 Å². The largest absolute Gasteiger partial charge is 0.323 e. The van der Waals surface area contributed by atoms with Crippen LogP contribution in [0.25, 0.3) is 11.0 Å². The molecular formula is C14H11Cl3N2S. The van der Waals surface area contributed by atoms with Gasteiger partial charge in [0.25, 0.3) is 0 Å². The highest BCUT2D eigenvalue weighted by Gasteiger charge is 2.13. The number of hydrogen-bond donors (Lipinski definition) is 0. The highest BCUT2D eigenvalue weighted by atomic mass is 35.5. The molecule has 3 rings (SSSR count). The van der Waals surface area contributed by atoms with Crippen LogP contribution in [0.2, 0.25) is 10.0 Å². The Kier molecular flexibility index (Phi) is 4.22. The zero-order valence-corrected chi connectivity index (χ0v) is 13.5. The molecule has 0 saturated carbocycles. The number of benzene rings is 1. The van der Waals surface area contributed by atoms with Crippen molar-refractivity contribution in [3.63, 3.8) is 0 Å². The van der Waals surface area contributed by atoms with Gasteiger partial charge in [0.1, 0.15) is 5.82 Å². The number of alkyl halides is 1. The average molecular weight is 346 g/mol. The zero-order chi connectivity index (χ0) is 14.1. The standard InChI is InChI=1S/C14H11Cl3N2S/c15-4-3-14-18-12-6-10(16)11(17)7-13(12)19(14)8-9-2-1-5-20-9/h1-2,5-7H,3-4,8H2. The Labute approximate surface area is 135 Å². The van der Waals surface area contributed by atoms with E-state index in [-0.39, 0.29) is 0 Å². The average Bonchev–Trinajstić information content (AvgIpc) is 3.02. The summed E-state index contributed by atoms with van der Waals surface area (Å²) in [6, 6.07) is 7.84. The van der Waals surface area contributed by atoms with E-state index in [1.807, 2.05) is 18.2 Å². The van der Waals surface area contributed by atoms with Crippen molar-refractivity contribution in [2.75, 3.05) is 5.88 Å². The molecule has 104 valence electrons. The normalized spacial score (nSPS) is 11.3. The lowest BCUT2D eigenvalue weighted by Gasteiger charge is -2.07. The van der Waals surface area contributed by atoms with E-state index >= 15 is 0 Å². The molecule has 0 N–H and O–H groups in total. The number of hydrogen-bond acceptors (Lipinski definition) is 2. The molecule has 0 saturated heterocycles. The van der Waals surface area contributed by atoms with Crippen molar-refractivity contribution in [1.29, 1.82) is 0 Å². The zero-order valence-electron chi connectivity index (χ0n) is 10.4. The number of aryl methyl sites for hydroxylation is 1. The predicted octanol–water partition coefficient (Wildman–Crippen LogP) is 5.23. The number of thiophene rings is 1.